The average molecular weight is 251 g/mol. The van der Waals surface area contributed by atoms with E-state index in [0.29, 0.717) is 23.7 Å². The van der Waals surface area contributed by atoms with Crippen LogP contribution in [0.1, 0.15) is 10.4 Å². The van der Waals surface area contributed by atoms with E-state index >= 15 is 0 Å². The maximum absolute atomic E-state index is 12.2. The molecule has 17 heavy (non-hydrogen) atoms. The minimum Gasteiger partial charge on any atom is -0.353 e. The molecule has 1 fully saturated rings. The summed E-state index contributed by atoms with van der Waals surface area (Å²) in [5.74, 6) is -0.239. The number of pyridine rings is 1. The molecule has 1 saturated heterocycles. The molecule has 2 heterocycles. The minimum absolute atomic E-state index is 0.112. The number of thioether (sulfide) groups is 1. The smallest absolute Gasteiger partial charge is 0.257 e. The van der Waals surface area contributed by atoms with Gasteiger partial charge in [-0.25, -0.2) is 4.98 Å². The summed E-state index contributed by atoms with van der Waals surface area (Å²) in [6.07, 6.45) is 3.54. The Morgan fingerprint density at radius 1 is 1.59 bits per heavy atom. The van der Waals surface area contributed by atoms with Crippen LogP contribution in [0.4, 0.5) is 0 Å². The molecule has 0 bridgehead atoms. The molecule has 90 valence electrons. The van der Waals surface area contributed by atoms with Gasteiger partial charge in [0.05, 0.1) is 12.1 Å². The second-order valence-electron chi connectivity index (χ2n) is 3.64. The van der Waals surface area contributed by atoms with Crippen molar-refractivity contribution in [3.05, 3.63) is 23.9 Å². The predicted molar refractivity (Wildman–Crippen MR) is 64.9 cm³/mol. The first-order valence-corrected chi connectivity index (χ1v) is 6.50. The number of nitrogens with one attached hydrogen (secondary N) is 1. The topological polar surface area (TPSA) is 62.3 Å². The van der Waals surface area contributed by atoms with Crippen molar-refractivity contribution in [1.82, 2.24) is 15.2 Å². The van der Waals surface area contributed by atoms with Crippen molar-refractivity contribution in [2.75, 3.05) is 25.9 Å². The summed E-state index contributed by atoms with van der Waals surface area (Å²) in [7, 11) is 0. The summed E-state index contributed by atoms with van der Waals surface area (Å²) >= 11 is 1.43. The third-order valence-corrected chi connectivity index (χ3v) is 3.23. The van der Waals surface area contributed by atoms with E-state index in [1.807, 2.05) is 6.26 Å². The lowest BCUT2D eigenvalue weighted by molar-refractivity contribution is -0.123. The Hall–Kier alpha value is -1.56. The van der Waals surface area contributed by atoms with Crippen LogP contribution >= 0.6 is 11.8 Å². The predicted octanol–water partition coefficient (Wildman–Crippen LogP) is 0.376. The number of carbonyl (C=O) groups is 2. The Labute approximate surface area is 104 Å². The first-order chi connectivity index (χ1) is 8.22. The lowest BCUT2D eigenvalue weighted by atomic mass is 10.2. The maximum atomic E-state index is 12.2. The molecule has 1 aliphatic heterocycles. The van der Waals surface area contributed by atoms with E-state index in [2.05, 4.69) is 10.3 Å². The van der Waals surface area contributed by atoms with E-state index in [0.717, 1.165) is 0 Å². The van der Waals surface area contributed by atoms with E-state index in [1.54, 1.807) is 23.2 Å². The third kappa shape index (κ3) is 2.58. The molecule has 6 heteroatoms. The molecule has 0 atom stereocenters. The normalized spacial score (nSPS) is 15.6. The summed E-state index contributed by atoms with van der Waals surface area (Å²) < 4.78 is 0. The highest BCUT2D eigenvalue weighted by Crippen LogP contribution is 2.18. The Morgan fingerprint density at radius 2 is 2.41 bits per heavy atom. The van der Waals surface area contributed by atoms with E-state index in [4.69, 9.17) is 0 Å². The van der Waals surface area contributed by atoms with Crippen LogP contribution < -0.4 is 5.32 Å². The molecule has 0 saturated carbocycles. The summed E-state index contributed by atoms with van der Waals surface area (Å²) in [4.78, 5) is 29.2. The Kier molecular flexibility index (Phi) is 3.63. The zero-order valence-corrected chi connectivity index (χ0v) is 10.3. The fourth-order valence-corrected chi connectivity index (χ4v) is 2.24. The molecule has 0 radical (unpaired) electrons. The highest BCUT2D eigenvalue weighted by atomic mass is 32.2. The number of hydrogen-bond donors (Lipinski definition) is 1. The van der Waals surface area contributed by atoms with Gasteiger partial charge in [-0.15, -0.1) is 11.8 Å². The number of hydrogen-bond acceptors (Lipinski definition) is 4. The number of nitrogens with zero attached hydrogens (tertiary/aromatic N) is 2. The van der Waals surface area contributed by atoms with Crippen LogP contribution in [0.2, 0.25) is 0 Å². The van der Waals surface area contributed by atoms with Gasteiger partial charge in [0, 0.05) is 19.3 Å². The monoisotopic (exact) mass is 251 g/mol. The summed E-state index contributed by atoms with van der Waals surface area (Å²) in [5, 5.41) is 3.39. The van der Waals surface area contributed by atoms with Gasteiger partial charge >= 0.3 is 0 Å². The van der Waals surface area contributed by atoms with Crippen LogP contribution in [-0.4, -0.2) is 47.6 Å². The number of amides is 2. The molecule has 5 nitrogen and oxygen atoms in total. The maximum Gasteiger partial charge on any atom is 0.257 e. The molecule has 1 aliphatic rings. The van der Waals surface area contributed by atoms with Gasteiger partial charge in [0.25, 0.3) is 5.91 Å². The second-order valence-corrected chi connectivity index (χ2v) is 4.43. The van der Waals surface area contributed by atoms with E-state index in [-0.39, 0.29) is 18.4 Å². The Balaban J connectivity index is 2.21. The molecule has 1 aromatic heterocycles. The van der Waals surface area contributed by atoms with Crippen LogP contribution in [0, 0.1) is 0 Å². The lowest BCUT2D eigenvalue weighted by Gasteiger charge is -2.27. The molecular formula is C11H13N3O2S. The lowest BCUT2D eigenvalue weighted by Crippen LogP contribution is -2.50. The first-order valence-electron chi connectivity index (χ1n) is 5.27. The van der Waals surface area contributed by atoms with Gasteiger partial charge in [0.1, 0.15) is 5.03 Å². The van der Waals surface area contributed by atoms with E-state index in [9.17, 15) is 9.59 Å². The molecule has 2 amide bonds. The van der Waals surface area contributed by atoms with Gasteiger partial charge in [0.15, 0.2) is 0 Å². The number of piperazine rings is 1. The molecule has 2 rings (SSSR count). The molecule has 0 spiro atoms. The van der Waals surface area contributed by atoms with E-state index in [1.165, 1.54) is 11.8 Å². The van der Waals surface area contributed by atoms with Crippen LogP contribution in [-0.2, 0) is 4.79 Å². The third-order valence-electron chi connectivity index (χ3n) is 2.52. The van der Waals surface area contributed by atoms with Gasteiger partial charge < -0.3 is 10.2 Å². The highest BCUT2D eigenvalue weighted by Gasteiger charge is 2.24. The van der Waals surface area contributed by atoms with Crippen LogP contribution in [0.25, 0.3) is 0 Å². The molecule has 0 aromatic carbocycles. The van der Waals surface area contributed by atoms with Gasteiger partial charge in [-0.2, -0.15) is 0 Å². The zero-order chi connectivity index (χ0) is 12.3. The SMILES string of the molecule is CSc1ncccc1C(=O)N1CCNC(=O)C1. The molecule has 1 N–H and O–H groups in total. The van der Waals surface area contributed by atoms with Crippen molar-refractivity contribution in [3.8, 4) is 0 Å². The standard InChI is InChI=1S/C11H13N3O2S/c1-17-10-8(3-2-4-13-10)11(16)14-6-5-12-9(15)7-14/h2-4H,5-7H2,1H3,(H,12,15). The molecule has 0 unspecified atom stereocenters. The van der Waals surface area contributed by atoms with Gasteiger partial charge in [-0.05, 0) is 18.4 Å². The summed E-state index contributed by atoms with van der Waals surface area (Å²) in [5.41, 5.74) is 0.565. The van der Waals surface area contributed by atoms with Gasteiger partial charge in [-0.1, -0.05) is 0 Å². The van der Waals surface area contributed by atoms with Crippen LogP contribution in [0.3, 0.4) is 0 Å². The highest BCUT2D eigenvalue weighted by molar-refractivity contribution is 7.98. The fraction of sp³-hybridized carbons (Fsp3) is 0.364. The molecular weight excluding hydrogens is 238 g/mol. The van der Waals surface area contributed by atoms with Crippen molar-refractivity contribution in [2.24, 2.45) is 0 Å². The van der Waals surface area contributed by atoms with Crippen LogP contribution in [0.15, 0.2) is 23.4 Å². The summed E-state index contributed by atoms with van der Waals surface area (Å²) in [6.45, 7) is 1.19. The molecule has 0 aliphatic carbocycles. The number of rotatable bonds is 2. The first kappa shape index (κ1) is 11.9. The van der Waals surface area contributed by atoms with Crippen molar-refractivity contribution in [2.45, 2.75) is 5.03 Å². The zero-order valence-electron chi connectivity index (χ0n) is 9.47. The Morgan fingerprint density at radius 3 is 3.12 bits per heavy atom. The van der Waals surface area contributed by atoms with Gasteiger partial charge in [-0.3, -0.25) is 9.59 Å². The van der Waals surface area contributed by atoms with Crippen molar-refractivity contribution < 1.29 is 9.59 Å². The molecule has 1 aromatic rings. The van der Waals surface area contributed by atoms with Gasteiger partial charge in [0.2, 0.25) is 5.91 Å². The average Bonchev–Trinajstić information content (AvgIpc) is 2.38. The van der Waals surface area contributed by atoms with Crippen LogP contribution in [0.5, 0.6) is 0 Å². The Bertz CT molecular complexity index is 450. The quantitative estimate of drug-likeness (QED) is 0.772. The number of carbonyl (C=O) groups excluding carboxylic acids is 2. The number of aromatic nitrogens is 1. The largest absolute Gasteiger partial charge is 0.353 e. The fourth-order valence-electron chi connectivity index (χ4n) is 1.70. The van der Waals surface area contributed by atoms with E-state index < -0.39 is 0 Å². The van der Waals surface area contributed by atoms with Crippen molar-refractivity contribution in [3.63, 3.8) is 0 Å². The summed E-state index contributed by atoms with van der Waals surface area (Å²) in [6, 6.07) is 3.48. The second kappa shape index (κ2) is 5.18. The van der Waals surface area contributed by atoms with Crippen molar-refractivity contribution in [1.29, 1.82) is 0 Å². The minimum atomic E-state index is -0.127. The van der Waals surface area contributed by atoms with Crippen molar-refractivity contribution >= 4 is 23.6 Å².